The maximum absolute atomic E-state index is 2.38. The lowest BCUT2D eigenvalue weighted by atomic mass is 9.93. The number of rotatable bonds is 14. The van der Waals surface area contributed by atoms with E-state index in [4.69, 9.17) is 0 Å². The molecule has 0 unspecified atom stereocenters. The van der Waals surface area contributed by atoms with Crippen LogP contribution in [0.15, 0.2) is 18.2 Å². The molecular weight excluding hydrogens is 276 g/mol. The predicted octanol–water partition coefficient (Wildman–Crippen LogP) is 7.80. The highest BCUT2D eigenvalue weighted by molar-refractivity contribution is 5.34. The molecule has 1 aromatic carbocycles. The molecule has 23 heavy (non-hydrogen) atoms. The first kappa shape index (κ1) is 20.3. The highest BCUT2D eigenvalue weighted by Crippen LogP contribution is 2.20. The van der Waals surface area contributed by atoms with Crippen LogP contribution in [0.5, 0.6) is 0 Å². The first-order chi connectivity index (χ1) is 11.3. The number of hydrogen-bond donors (Lipinski definition) is 0. The van der Waals surface area contributed by atoms with Gasteiger partial charge in [-0.1, -0.05) is 96.3 Å². The minimum Gasteiger partial charge on any atom is -0.0654 e. The lowest BCUT2D eigenvalue weighted by Gasteiger charge is -2.13. The van der Waals surface area contributed by atoms with Gasteiger partial charge in [-0.2, -0.15) is 0 Å². The van der Waals surface area contributed by atoms with Crippen LogP contribution in [-0.4, -0.2) is 0 Å². The first-order valence-corrected chi connectivity index (χ1v) is 10.4. The second-order valence-electron chi connectivity index (χ2n) is 7.25. The zero-order valence-electron chi connectivity index (χ0n) is 16.1. The van der Waals surface area contributed by atoms with Gasteiger partial charge < -0.3 is 0 Å². The Morgan fingerprint density at radius 3 is 1.74 bits per heavy atom. The zero-order chi connectivity index (χ0) is 16.8. The van der Waals surface area contributed by atoms with Crippen molar-refractivity contribution in [2.75, 3.05) is 0 Å². The van der Waals surface area contributed by atoms with Gasteiger partial charge >= 0.3 is 0 Å². The van der Waals surface area contributed by atoms with E-state index in [2.05, 4.69) is 39.0 Å². The highest BCUT2D eigenvalue weighted by atomic mass is 14.1. The van der Waals surface area contributed by atoms with E-state index in [1.807, 2.05) is 0 Å². The van der Waals surface area contributed by atoms with Gasteiger partial charge in [0.25, 0.3) is 0 Å². The Bertz CT molecular complexity index is 391. The molecular formula is C23H40. The molecule has 0 aliphatic heterocycles. The number of benzene rings is 1. The third kappa shape index (κ3) is 9.18. The van der Waals surface area contributed by atoms with Crippen LogP contribution < -0.4 is 0 Å². The van der Waals surface area contributed by atoms with Crippen LogP contribution >= 0.6 is 0 Å². The topological polar surface area (TPSA) is 0 Å². The molecule has 0 aromatic heterocycles. The van der Waals surface area contributed by atoms with Crippen molar-refractivity contribution in [3.05, 3.63) is 34.9 Å². The smallest absolute Gasteiger partial charge is 0.0274 e. The lowest BCUT2D eigenvalue weighted by Crippen LogP contribution is -1.98. The van der Waals surface area contributed by atoms with E-state index in [0.29, 0.717) is 0 Å². The summed E-state index contributed by atoms with van der Waals surface area (Å²) in [4.78, 5) is 0. The fourth-order valence-corrected chi connectivity index (χ4v) is 3.53. The van der Waals surface area contributed by atoms with Gasteiger partial charge in [0.15, 0.2) is 0 Å². The van der Waals surface area contributed by atoms with Crippen molar-refractivity contribution in [3.63, 3.8) is 0 Å². The van der Waals surface area contributed by atoms with Gasteiger partial charge in [-0.15, -0.1) is 0 Å². The molecule has 0 bridgehead atoms. The van der Waals surface area contributed by atoms with Gasteiger partial charge in [-0.25, -0.2) is 0 Å². The SMILES string of the molecule is CCCCCCCCc1cccc(C)c1CCCCCCCC. The molecule has 0 radical (unpaired) electrons. The average Bonchev–Trinajstić information content (AvgIpc) is 2.56. The van der Waals surface area contributed by atoms with Gasteiger partial charge in [0.05, 0.1) is 0 Å². The summed E-state index contributed by atoms with van der Waals surface area (Å²) in [5, 5.41) is 0. The molecule has 0 fully saturated rings. The number of aryl methyl sites for hydroxylation is 2. The Hall–Kier alpha value is -0.780. The fourth-order valence-electron chi connectivity index (χ4n) is 3.53. The van der Waals surface area contributed by atoms with Crippen molar-refractivity contribution in [2.24, 2.45) is 0 Å². The molecule has 1 rings (SSSR count). The maximum atomic E-state index is 2.38. The zero-order valence-corrected chi connectivity index (χ0v) is 16.1. The Labute approximate surface area is 146 Å². The van der Waals surface area contributed by atoms with E-state index in [-0.39, 0.29) is 0 Å². The summed E-state index contributed by atoms with van der Waals surface area (Å²) >= 11 is 0. The third-order valence-electron chi connectivity index (χ3n) is 5.09. The molecule has 0 saturated heterocycles. The summed E-state index contributed by atoms with van der Waals surface area (Å²) in [7, 11) is 0. The van der Waals surface area contributed by atoms with Crippen LogP contribution in [-0.2, 0) is 12.8 Å². The van der Waals surface area contributed by atoms with Crippen LogP contribution in [0.1, 0.15) is 108 Å². The monoisotopic (exact) mass is 316 g/mol. The van der Waals surface area contributed by atoms with Gasteiger partial charge in [-0.3, -0.25) is 0 Å². The molecule has 132 valence electrons. The van der Waals surface area contributed by atoms with Crippen LogP contribution in [0.3, 0.4) is 0 Å². The number of hydrogen-bond acceptors (Lipinski definition) is 0. The van der Waals surface area contributed by atoms with E-state index in [9.17, 15) is 0 Å². The minimum absolute atomic E-state index is 1.29. The predicted molar refractivity (Wildman–Crippen MR) is 105 cm³/mol. The summed E-state index contributed by atoms with van der Waals surface area (Å²) in [6.45, 7) is 6.89. The van der Waals surface area contributed by atoms with Crippen molar-refractivity contribution in [2.45, 2.75) is 111 Å². The fraction of sp³-hybridized carbons (Fsp3) is 0.739. The van der Waals surface area contributed by atoms with E-state index < -0.39 is 0 Å². The Kier molecular flexibility index (Phi) is 12.0. The summed E-state index contributed by atoms with van der Waals surface area (Å²) in [6.07, 6.45) is 19.4. The van der Waals surface area contributed by atoms with Crippen LogP contribution in [0.25, 0.3) is 0 Å². The molecule has 0 heterocycles. The van der Waals surface area contributed by atoms with Gasteiger partial charge in [0.2, 0.25) is 0 Å². The van der Waals surface area contributed by atoms with Crippen molar-refractivity contribution in [3.8, 4) is 0 Å². The van der Waals surface area contributed by atoms with Crippen LogP contribution in [0.2, 0.25) is 0 Å². The molecule has 0 N–H and O–H groups in total. The van der Waals surface area contributed by atoms with Gasteiger partial charge in [0.1, 0.15) is 0 Å². The molecule has 0 aliphatic rings. The van der Waals surface area contributed by atoms with Crippen molar-refractivity contribution in [1.29, 1.82) is 0 Å². The van der Waals surface area contributed by atoms with E-state index >= 15 is 0 Å². The third-order valence-corrected chi connectivity index (χ3v) is 5.09. The second-order valence-corrected chi connectivity index (χ2v) is 7.25. The maximum Gasteiger partial charge on any atom is -0.0274 e. The average molecular weight is 317 g/mol. The Balaban J connectivity index is 2.33. The van der Waals surface area contributed by atoms with E-state index in [0.717, 1.165) is 0 Å². The molecule has 0 spiro atoms. The molecule has 0 saturated carbocycles. The molecule has 0 atom stereocenters. The first-order valence-electron chi connectivity index (χ1n) is 10.4. The largest absolute Gasteiger partial charge is 0.0654 e. The quantitative estimate of drug-likeness (QED) is 0.307. The second kappa shape index (κ2) is 13.6. The van der Waals surface area contributed by atoms with Gasteiger partial charge in [0, 0.05) is 0 Å². The number of unbranched alkanes of at least 4 members (excludes halogenated alkanes) is 10. The highest BCUT2D eigenvalue weighted by Gasteiger charge is 2.05. The molecule has 0 heteroatoms. The van der Waals surface area contributed by atoms with Crippen LogP contribution in [0, 0.1) is 6.92 Å². The van der Waals surface area contributed by atoms with Crippen molar-refractivity contribution >= 4 is 0 Å². The summed E-state index contributed by atoms with van der Waals surface area (Å²) in [5.74, 6) is 0. The van der Waals surface area contributed by atoms with Gasteiger partial charge in [-0.05, 0) is 49.3 Å². The Morgan fingerprint density at radius 1 is 0.609 bits per heavy atom. The molecule has 0 nitrogen and oxygen atoms in total. The lowest BCUT2D eigenvalue weighted by molar-refractivity contribution is 0.598. The summed E-state index contributed by atoms with van der Waals surface area (Å²) in [6, 6.07) is 6.94. The normalized spacial score (nSPS) is 11.1. The van der Waals surface area contributed by atoms with Crippen LogP contribution in [0.4, 0.5) is 0 Å². The summed E-state index contributed by atoms with van der Waals surface area (Å²) in [5.41, 5.74) is 4.81. The summed E-state index contributed by atoms with van der Waals surface area (Å²) < 4.78 is 0. The Morgan fingerprint density at radius 2 is 1.13 bits per heavy atom. The molecule has 0 amide bonds. The molecule has 0 aliphatic carbocycles. The molecule has 1 aromatic rings. The standard InChI is InChI=1S/C23H40/c1-4-6-8-10-12-14-18-22-19-16-17-21(3)23(22)20-15-13-11-9-7-5-2/h16-17,19H,4-15,18,20H2,1-3H3. The van der Waals surface area contributed by atoms with E-state index in [1.165, 1.54) is 95.5 Å². The minimum atomic E-state index is 1.29. The van der Waals surface area contributed by atoms with Crippen molar-refractivity contribution < 1.29 is 0 Å². The van der Waals surface area contributed by atoms with Crippen molar-refractivity contribution in [1.82, 2.24) is 0 Å². The van der Waals surface area contributed by atoms with E-state index in [1.54, 1.807) is 11.1 Å².